The van der Waals surface area contributed by atoms with Gasteiger partial charge in [-0.15, -0.1) is 13.2 Å². The zero-order valence-corrected chi connectivity index (χ0v) is 16.9. The lowest BCUT2D eigenvalue weighted by Gasteiger charge is -2.18. The number of anilines is 1. The van der Waals surface area contributed by atoms with E-state index in [9.17, 15) is 26.7 Å². The summed E-state index contributed by atoms with van der Waals surface area (Å²) in [6.45, 7) is -0.260. The maximum Gasteiger partial charge on any atom is 0.573 e. The number of pyridine rings is 1. The monoisotopic (exact) mass is 466 g/mol. The second-order valence-corrected chi connectivity index (χ2v) is 6.96. The minimum Gasteiger partial charge on any atom is -0.481 e. The van der Waals surface area contributed by atoms with E-state index in [1.165, 1.54) is 13.2 Å². The van der Waals surface area contributed by atoms with Crippen molar-refractivity contribution in [1.29, 1.82) is 0 Å². The van der Waals surface area contributed by atoms with Gasteiger partial charge in [0.1, 0.15) is 11.5 Å². The number of ether oxygens (including phenoxy) is 3. The average Bonchev–Trinajstić information content (AvgIpc) is 2.93. The zero-order valence-electron chi connectivity index (χ0n) is 16.9. The molecule has 0 spiro atoms. The molecule has 2 aromatic carbocycles. The molecule has 0 saturated carbocycles. The average molecular weight is 466 g/mol. The molecular formula is C22H15F5N2O4. The van der Waals surface area contributed by atoms with E-state index in [2.05, 4.69) is 9.72 Å². The molecule has 0 saturated heterocycles. The van der Waals surface area contributed by atoms with Crippen LogP contribution in [-0.4, -0.2) is 24.4 Å². The highest BCUT2D eigenvalue weighted by atomic mass is 19.4. The molecule has 0 N–H and O–H groups in total. The van der Waals surface area contributed by atoms with Crippen molar-refractivity contribution in [3.05, 3.63) is 71.8 Å². The molecule has 0 atom stereocenters. The summed E-state index contributed by atoms with van der Waals surface area (Å²) in [6, 6.07) is 13.6. The van der Waals surface area contributed by atoms with Crippen LogP contribution in [0, 0.1) is 0 Å². The topological polar surface area (TPSA) is 60.9 Å². The molecule has 1 aliphatic heterocycles. The van der Waals surface area contributed by atoms with E-state index in [0.29, 0.717) is 23.3 Å². The molecule has 0 unspecified atom stereocenters. The van der Waals surface area contributed by atoms with Crippen molar-refractivity contribution in [2.24, 2.45) is 0 Å². The summed E-state index contributed by atoms with van der Waals surface area (Å²) in [5, 5.41) is 0. The Hall–Kier alpha value is -3.89. The number of hydrogen-bond acceptors (Lipinski definition) is 5. The third-order valence-corrected chi connectivity index (χ3v) is 4.71. The summed E-state index contributed by atoms with van der Waals surface area (Å²) in [5.74, 6) is -5.49. The Balaban J connectivity index is 1.58. The maximum atomic E-state index is 14.6. The van der Waals surface area contributed by atoms with Gasteiger partial charge in [0, 0.05) is 12.1 Å². The van der Waals surface area contributed by atoms with Crippen molar-refractivity contribution < 1.29 is 41.0 Å². The van der Waals surface area contributed by atoms with Crippen LogP contribution in [0.5, 0.6) is 23.3 Å². The number of hydrogen-bond donors (Lipinski definition) is 0. The van der Waals surface area contributed by atoms with Gasteiger partial charge in [-0.25, -0.2) is 0 Å². The zero-order chi connectivity index (χ0) is 23.8. The molecule has 0 fully saturated rings. The van der Waals surface area contributed by atoms with Gasteiger partial charge in [0.25, 0.3) is 0 Å². The smallest absolute Gasteiger partial charge is 0.481 e. The van der Waals surface area contributed by atoms with Crippen LogP contribution < -0.4 is 19.1 Å². The fourth-order valence-electron chi connectivity index (χ4n) is 3.33. The van der Waals surface area contributed by atoms with Crippen molar-refractivity contribution in [2.75, 3.05) is 12.0 Å². The first-order chi connectivity index (χ1) is 15.6. The number of aromatic nitrogens is 1. The van der Waals surface area contributed by atoms with E-state index >= 15 is 0 Å². The van der Waals surface area contributed by atoms with Crippen molar-refractivity contribution in [3.63, 3.8) is 0 Å². The Kier molecular flexibility index (Phi) is 5.56. The minimum atomic E-state index is -5.05. The summed E-state index contributed by atoms with van der Waals surface area (Å²) in [7, 11) is 1.45. The van der Waals surface area contributed by atoms with E-state index < -0.39 is 29.5 Å². The molecule has 1 aliphatic rings. The summed E-state index contributed by atoms with van der Waals surface area (Å²) in [4.78, 5) is 17.3. The third kappa shape index (κ3) is 4.66. The number of rotatable bonds is 6. The van der Waals surface area contributed by atoms with Gasteiger partial charge in [-0.05, 0) is 35.9 Å². The van der Waals surface area contributed by atoms with Crippen LogP contribution in [0.2, 0.25) is 0 Å². The van der Waals surface area contributed by atoms with Crippen LogP contribution in [0.25, 0.3) is 0 Å². The third-order valence-electron chi connectivity index (χ3n) is 4.71. The highest BCUT2D eigenvalue weighted by Gasteiger charge is 2.53. The molecule has 0 aliphatic carbocycles. The van der Waals surface area contributed by atoms with Gasteiger partial charge in [0.2, 0.25) is 11.8 Å². The van der Waals surface area contributed by atoms with Gasteiger partial charge in [-0.2, -0.15) is 13.8 Å². The fourth-order valence-corrected chi connectivity index (χ4v) is 3.33. The lowest BCUT2D eigenvalue weighted by atomic mass is 10.1. The largest absolute Gasteiger partial charge is 0.573 e. The molecular weight excluding hydrogens is 451 g/mol. The normalized spacial score (nSPS) is 14.7. The molecule has 1 aromatic heterocycles. The predicted octanol–water partition coefficient (Wildman–Crippen LogP) is 5.42. The lowest BCUT2D eigenvalue weighted by Crippen LogP contribution is -2.34. The molecule has 6 nitrogen and oxygen atoms in total. The Morgan fingerprint density at radius 2 is 1.70 bits per heavy atom. The van der Waals surface area contributed by atoms with Crippen molar-refractivity contribution in [2.45, 2.75) is 18.8 Å². The van der Waals surface area contributed by atoms with Crippen LogP contribution in [0.3, 0.4) is 0 Å². The van der Waals surface area contributed by atoms with E-state index in [-0.39, 0.29) is 18.1 Å². The number of halogens is 5. The highest BCUT2D eigenvalue weighted by molar-refractivity contribution is 6.05. The van der Waals surface area contributed by atoms with E-state index in [0.717, 1.165) is 17.0 Å². The molecule has 33 heavy (non-hydrogen) atoms. The van der Waals surface area contributed by atoms with Crippen molar-refractivity contribution >= 4 is 11.6 Å². The van der Waals surface area contributed by atoms with Crippen LogP contribution in [0.4, 0.5) is 27.6 Å². The number of amides is 1. The van der Waals surface area contributed by atoms with E-state index in [1.54, 1.807) is 36.4 Å². The van der Waals surface area contributed by atoms with Crippen molar-refractivity contribution in [1.82, 2.24) is 4.98 Å². The molecule has 11 heteroatoms. The van der Waals surface area contributed by atoms with Crippen LogP contribution in [0.1, 0.15) is 11.1 Å². The molecule has 1 amide bonds. The SMILES string of the molecule is COc1cccc(Oc2cccc(CN3C(=O)C(F)(F)c4cc(OC(F)(F)F)ccc43)c2)n1. The lowest BCUT2D eigenvalue weighted by molar-refractivity contribution is -0.274. The van der Waals surface area contributed by atoms with Crippen molar-refractivity contribution in [3.8, 4) is 23.3 Å². The Morgan fingerprint density at radius 1 is 0.970 bits per heavy atom. The van der Waals surface area contributed by atoms with Gasteiger partial charge >= 0.3 is 18.2 Å². The molecule has 2 heterocycles. The summed E-state index contributed by atoms with van der Waals surface area (Å²) < 4.78 is 80.9. The van der Waals surface area contributed by atoms with Gasteiger partial charge in [-0.1, -0.05) is 18.2 Å². The van der Waals surface area contributed by atoms with Gasteiger partial charge in [0.15, 0.2) is 0 Å². The van der Waals surface area contributed by atoms with Crippen LogP contribution in [0.15, 0.2) is 60.7 Å². The van der Waals surface area contributed by atoms with E-state index in [1.807, 2.05) is 0 Å². The first kappa shape index (κ1) is 22.3. The summed E-state index contributed by atoms with van der Waals surface area (Å²) in [5.41, 5.74) is -0.620. The highest BCUT2D eigenvalue weighted by Crippen LogP contribution is 2.46. The molecule has 4 rings (SSSR count). The Morgan fingerprint density at radius 3 is 2.42 bits per heavy atom. The number of carbonyl (C=O) groups is 1. The number of nitrogens with zero attached hydrogens (tertiary/aromatic N) is 2. The number of carbonyl (C=O) groups excluding carboxylic acids is 1. The second-order valence-electron chi connectivity index (χ2n) is 6.96. The van der Waals surface area contributed by atoms with Crippen LogP contribution in [-0.2, 0) is 17.3 Å². The number of alkyl halides is 5. The fraction of sp³-hybridized carbons (Fsp3) is 0.182. The second kappa shape index (κ2) is 8.23. The predicted molar refractivity (Wildman–Crippen MR) is 106 cm³/mol. The van der Waals surface area contributed by atoms with Gasteiger partial charge in [0.05, 0.1) is 24.9 Å². The molecule has 3 aromatic rings. The van der Waals surface area contributed by atoms with Gasteiger partial charge < -0.3 is 19.1 Å². The van der Waals surface area contributed by atoms with E-state index in [4.69, 9.17) is 9.47 Å². The minimum absolute atomic E-state index is 0.208. The molecule has 0 radical (unpaired) electrons. The Bertz CT molecular complexity index is 1200. The number of methoxy groups -OCH3 is 1. The molecule has 0 bridgehead atoms. The quantitative estimate of drug-likeness (QED) is 0.454. The standard InChI is InChI=1S/C22H15F5N2O4/c1-31-18-6-3-7-19(28-18)32-14-5-2-4-13(10-14)12-29-17-9-8-15(33-22(25,26)27)11-16(17)21(23,24)20(29)30/h2-11H,12H2,1H3. The summed E-state index contributed by atoms with van der Waals surface area (Å²) in [6.07, 6.45) is -5.05. The maximum absolute atomic E-state index is 14.6. The van der Waals surface area contributed by atoms with Gasteiger partial charge in [-0.3, -0.25) is 4.79 Å². The van der Waals surface area contributed by atoms with Crippen LogP contribution >= 0.6 is 0 Å². The summed E-state index contributed by atoms with van der Waals surface area (Å²) >= 11 is 0. The molecule has 172 valence electrons. The number of benzene rings is 2. The Labute approximate surface area is 184 Å². The first-order valence-electron chi connectivity index (χ1n) is 9.45. The number of fused-ring (bicyclic) bond motifs is 1. The first-order valence-corrected chi connectivity index (χ1v) is 9.45.